The number of rotatable bonds is 2. The Morgan fingerprint density at radius 3 is 1.65 bits per heavy atom. The fourth-order valence-electron chi connectivity index (χ4n) is 3.23. The van der Waals surface area contributed by atoms with E-state index in [1.807, 2.05) is 0 Å². The molecule has 2 aromatic carbocycles. The van der Waals surface area contributed by atoms with Crippen LogP contribution in [0.2, 0.25) is 0 Å². The van der Waals surface area contributed by atoms with Gasteiger partial charge in [0.15, 0.2) is 0 Å². The summed E-state index contributed by atoms with van der Waals surface area (Å²) in [7, 11) is 0. The van der Waals surface area contributed by atoms with Crippen LogP contribution in [-0.4, -0.2) is 3.81 Å². The van der Waals surface area contributed by atoms with E-state index in [1.54, 1.807) is 0 Å². The molecule has 0 radical (unpaired) electrons. The van der Waals surface area contributed by atoms with Crippen LogP contribution >= 0.6 is 0 Å². The van der Waals surface area contributed by atoms with Gasteiger partial charge >= 0.3 is 131 Å². The number of hydrogen-bond donors (Lipinski definition) is 0. The molecule has 0 saturated carbocycles. The predicted molar refractivity (Wildman–Crippen MR) is 81.4 cm³/mol. The molecule has 20 heavy (non-hydrogen) atoms. The molecule has 0 fully saturated rings. The fraction of sp³-hybridized carbons (Fsp3) is 0.105. The number of hydrogen-bond acceptors (Lipinski definition) is 0. The molecule has 2 atom stereocenters. The van der Waals surface area contributed by atoms with Gasteiger partial charge in [-0.25, -0.2) is 0 Å². The van der Waals surface area contributed by atoms with Crippen LogP contribution in [0.5, 0.6) is 0 Å². The molecule has 0 spiro atoms. The quantitative estimate of drug-likeness (QED) is 0.722. The molecule has 1 heteroatoms. The van der Waals surface area contributed by atoms with Crippen molar-refractivity contribution < 1.29 is 20.0 Å². The van der Waals surface area contributed by atoms with E-state index in [0.717, 1.165) is 0 Å². The van der Waals surface area contributed by atoms with E-state index in [2.05, 4.69) is 92.8 Å². The molecule has 2 aliphatic carbocycles. The molecule has 0 aliphatic heterocycles. The molecular formula is C19H14Ti. The van der Waals surface area contributed by atoms with Gasteiger partial charge in [-0.3, -0.25) is 0 Å². The molecule has 2 aromatic rings. The number of fused-ring (bicyclic) bond motifs is 2. The van der Waals surface area contributed by atoms with Gasteiger partial charge in [-0.05, 0) is 0 Å². The summed E-state index contributed by atoms with van der Waals surface area (Å²) in [5.41, 5.74) is 5.63. The van der Waals surface area contributed by atoms with Crippen LogP contribution < -0.4 is 0 Å². The zero-order valence-corrected chi connectivity index (χ0v) is 12.6. The average molecular weight is 290 g/mol. The van der Waals surface area contributed by atoms with Crippen LogP contribution in [0.25, 0.3) is 12.2 Å². The summed E-state index contributed by atoms with van der Waals surface area (Å²) in [6, 6.07) is 17.4. The van der Waals surface area contributed by atoms with Crippen LogP contribution in [0.3, 0.4) is 0 Å². The Morgan fingerprint density at radius 1 is 0.700 bits per heavy atom. The van der Waals surface area contributed by atoms with Crippen molar-refractivity contribution in [2.75, 3.05) is 0 Å². The van der Waals surface area contributed by atoms with Gasteiger partial charge in [0.05, 0.1) is 0 Å². The van der Waals surface area contributed by atoms with Gasteiger partial charge in [0.25, 0.3) is 0 Å². The van der Waals surface area contributed by atoms with Gasteiger partial charge in [0.2, 0.25) is 0 Å². The SMILES string of the molecule is [Ti]=[C](C1C=Cc2ccccc21)C1C=Cc2ccccc21. The van der Waals surface area contributed by atoms with Gasteiger partial charge in [0, 0.05) is 0 Å². The Bertz CT molecular complexity index is 688. The second-order valence-corrected chi connectivity index (χ2v) is 6.29. The van der Waals surface area contributed by atoms with E-state index in [-0.39, 0.29) is 0 Å². The third-order valence-electron chi connectivity index (χ3n) is 4.27. The Kier molecular flexibility index (Phi) is 2.94. The van der Waals surface area contributed by atoms with Crippen LogP contribution in [0.4, 0.5) is 0 Å². The Balaban J connectivity index is 1.71. The van der Waals surface area contributed by atoms with Crippen LogP contribution in [-0.2, 0) is 20.0 Å². The van der Waals surface area contributed by atoms with Crippen LogP contribution in [0, 0.1) is 0 Å². The van der Waals surface area contributed by atoms with Gasteiger partial charge in [-0.1, -0.05) is 0 Å². The van der Waals surface area contributed by atoms with E-state index in [4.69, 9.17) is 0 Å². The van der Waals surface area contributed by atoms with E-state index in [9.17, 15) is 0 Å². The molecular weight excluding hydrogens is 276 g/mol. The molecule has 0 bridgehead atoms. The normalized spacial score (nSPS) is 21.8. The topological polar surface area (TPSA) is 0 Å². The summed E-state index contributed by atoms with van der Waals surface area (Å²) >= 11 is 2.30. The predicted octanol–water partition coefficient (Wildman–Crippen LogP) is 4.33. The Hall–Kier alpha value is -1.50. The maximum absolute atomic E-state index is 2.34. The first-order valence-corrected chi connectivity index (χ1v) is 7.75. The molecule has 4 rings (SSSR count). The Labute approximate surface area is 130 Å². The second kappa shape index (κ2) is 4.80. The second-order valence-electron chi connectivity index (χ2n) is 5.39. The van der Waals surface area contributed by atoms with E-state index < -0.39 is 0 Å². The minimum atomic E-state index is 0.451. The first-order chi connectivity index (χ1) is 9.84. The molecule has 0 saturated heterocycles. The molecule has 0 nitrogen and oxygen atoms in total. The fourth-order valence-corrected chi connectivity index (χ4v) is 4.02. The van der Waals surface area contributed by atoms with Crippen molar-refractivity contribution in [3.05, 3.63) is 82.9 Å². The van der Waals surface area contributed by atoms with Crippen molar-refractivity contribution in [2.45, 2.75) is 11.8 Å². The summed E-state index contributed by atoms with van der Waals surface area (Å²) in [6.07, 6.45) is 9.20. The molecule has 0 aromatic heterocycles. The monoisotopic (exact) mass is 290 g/mol. The summed E-state index contributed by atoms with van der Waals surface area (Å²) in [6.45, 7) is 0. The van der Waals surface area contributed by atoms with Gasteiger partial charge in [-0.15, -0.1) is 0 Å². The molecule has 2 aliphatic rings. The van der Waals surface area contributed by atoms with Crippen molar-refractivity contribution in [3.8, 4) is 0 Å². The molecule has 2 unspecified atom stereocenters. The van der Waals surface area contributed by atoms with E-state index in [1.165, 1.54) is 26.1 Å². The van der Waals surface area contributed by atoms with Crippen molar-refractivity contribution >= 4 is 16.0 Å². The summed E-state index contributed by atoms with van der Waals surface area (Å²) < 4.78 is 1.52. The van der Waals surface area contributed by atoms with Crippen LogP contribution in [0.1, 0.15) is 34.1 Å². The van der Waals surface area contributed by atoms with E-state index >= 15 is 0 Å². The molecule has 0 N–H and O–H groups in total. The zero-order valence-electron chi connectivity index (χ0n) is 11.1. The van der Waals surface area contributed by atoms with Crippen LogP contribution in [0.15, 0.2) is 60.7 Å². The van der Waals surface area contributed by atoms with Gasteiger partial charge in [0.1, 0.15) is 0 Å². The number of allylic oxidation sites excluding steroid dienone is 2. The van der Waals surface area contributed by atoms with E-state index in [0.29, 0.717) is 11.8 Å². The van der Waals surface area contributed by atoms with Crippen molar-refractivity contribution in [1.29, 1.82) is 0 Å². The minimum absolute atomic E-state index is 0.451. The third kappa shape index (κ3) is 1.83. The summed E-state index contributed by atoms with van der Waals surface area (Å²) in [5.74, 6) is 0.902. The first-order valence-electron chi connectivity index (χ1n) is 6.97. The average Bonchev–Trinajstić information content (AvgIpc) is 3.11. The third-order valence-corrected chi connectivity index (χ3v) is 5.24. The van der Waals surface area contributed by atoms with Gasteiger partial charge in [-0.2, -0.15) is 0 Å². The standard InChI is InChI=1S/C19H14.Ti/c1-3-7-18-14(5-1)9-11-16(18)13-17-12-10-15-6-2-4-8-19(15)17;/h1-12,16-17H;. The first kappa shape index (κ1) is 12.3. The van der Waals surface area contributed by atoms with Crippen molar-refractivity contribution in [1.82, 2.24) is 0 Å². The Morgan fingerprint density at radius 2 is 1.15 bits per heavy atom. The summed E-state index contributed by atoms with van der Waals surface area (Å²) in [5, 5.41) is 0. The number of benzene rings is 2. The van der Waals surface area contributed by atoms with Crippen molar-refractivity contribution in [2.24, 2.45) is 0 Å². The van der Waals surface area contributed by atoms with Gasteiger partial charge < -0.3 is 0 Å². The molecule has 0 amide bonds. The molecule has 0 heterocycles. The summed E-state index contributed by atoms with van der Waals surface area (Å²) in [4.78, 5) is 0. The zero-order chi connectivity index (χ0) is 13.5. The molecule has 94 valence electrons. The van der Waals surface area contributed by atoms with Crippen molar-refractivity contribution in [3.63, 3.8) is 0 Å². The maximum atomic E-state index is 2.34.